The third-order valence-corrected chi connectivity index (χ3v) is 4.49. The number of benzene rings is 2. The molecule has 0 fully saturated rings. The summed E-state index contributed by atoms with van der Waals surface area (Å²) < 4.78 is 39.8. The number of nitro groups is 1. The molecule has 0 aliphatic rings. The molecular weight excluding hydrogens is 311 g/mol. The molecule has 0 amide bonds. The highest BCUT2D eigenvalue weighted by Crippen LogP contribution is 2.23. The summed E-state index contributed by atoms with van der Waals surface area (Å²) in [6.45, 7) is 1.48. The summed E-state index contributed by atoms with van der Waals surface area (Å²) in [5, 5.41) is 10.9. The van der Waals surface area contributed by atoms with Crippen LogP contribution in [0, 0.1) is 22.9 Å². The van der Waals surface area contributed by atoms with E-state index >= 15 is 0 Å². The van der Waals surface area contributed by atoms with Crippen LogP contribution in [0.2, 0.25) is 0 Å². The van der Waals surface area contributed by atoms with E-state index in [4.69, 9.17) is 0 Å². The van der Waals surface area contributed by atoms with Crippen molar-refractivity contribution in [3.8, 4) is 0 Å². The molecule has 116 valence electrons. The predicted molar refractivity (Wildman–Crippen MR) is 78.3 cm³/mol. The van der Waals surface area contributed by atoms with E-state index < -0.39 is 25.5 Å². The van der Waals surface area contributed by atoms with Crippen molar-refractivity contribution in [2.75, 3.05) is 0 Å². The minimum atomic E-state index is -4.04. The molecule has 0 aliphatic heterocycles. The van der Waals surface area contributed by atoms with Gasteiger partial charge in [0.2, 0.25) is 10.0 Å². The van der Waals surface area contributed by atoms with E-state index in [9.17, 15) is 22.9 Å². The fourth-order valence-corrected chi connectivity index (χ4v) is 3.10. The van der Waals surface area contributed by atoms with E-state index in [0.29, 0.717) is 11.1 Å². The van der Waals surface area contributed by atoms with Gasteiger partial charge in [0.15, 0.2) is 4.90 Å². The summed E-state index contributed by atoms with van der Waals surface area (Å²) in [6, 6.07) is 9.28. The van der Waals surface area contributed by atoms with Crippen LogP contribution in [0.3, 0.4) is 0 Å². The van der Waals surface area contributed by atoms with Crippen LogP contribution in [0.4, 0.5) is 10.1 Å². The van der Waals surface area contributed by atoms with Gasteiger partial charge in [0.05, 0.1) is 4.92 Å². The maximum atomic E-state index is 13.2. The molecule has 0 radical (unpaired) electrons. The molecule has 2 aromatic rings. The third-order valence-electron chi connectivity index (χ3n) is 3.04. The van der Waals surface area contributed by atoms with E-state index in [1.54, 1.807) is 6.92 Å². The Hall–Kier alpha value is -2.32. The molecule has 0 aromatic heterocycles. The second-order valence-electron chi connectivity index (χ2n) is 4.63. The highest BCUT2D eigenvalue weighted by atomic mass is 32.2. The monoisotopic (exact) mass is 324 g/mol. The summed E-state index contributed by atoms with van der Waals surface area (Å²) in [7, 11) is -4.04. The van der Waals surface area contributed by atoms with Crippen LogP contribution in [-0.4, -0.2) is 13.3 Å². The van der Waals surface area contributed by atoms with Crippen LogP contribution < -0.4 is 4.72 Å². The molecule has 0 spiro atoms. The van der Waals surface area contributed by atoms with Crippen molar-refractivity contribution in [3.63, 3.8) is 0 Å². The number of rotatable bonds is 5. The molecule has 0 bridgehead atoms. The number of aryl methyl sites for hydroxylation is 1. The van der Waals surface area contributed by atoms with Crippen molar-refractivity contribution < 1.29 is 17.7 Å². The number of nitrogens with one attached hydrogen (secondary N) is 1. The molecule has 0 saturated carbocycles. The molecular formula is C14H13FN2O4S. The molecule has 0 saturated heterocycles. The number of para-hydroxylation sites is 1. The molecule has 8 heteroatoms. The number of nitrogens with zero attached hydrogens (tertiary/aromatic N) is 1. The molecule has 22 heavy (non-hydrogen) atoms. The normalized spacial score (nSPS) is 11.4. The second-order valence-corrected chi connectivity index (χ2v) is 6.37. The van der Waals surface area contributed by atoms with E-state index in [1.807, 2.05) is 0 Å². The van der Waals surface area contributed by atoms with Crippen LogP contribution >= 0.6 is 0 Å². The molecule has 2 rings (SSSR count). The van der Waals surface area contributed by atoms with Crippen molar-refractivity contribution in [1.29, 1.82) is 0 Å². The minimum absolute atomic E-state index is 0.0878. The minimum Gasteiger partial charge on any atom is -0.258 e. The summed E-state index contributed by atoms with van der Waals surface area (Å²) >= 11 is 0. The quantitative estimate of drug-likeness (QED) is 0.676. The smallest absolute Gasteiger partial charge is 0.258 e. The Kier molecular flexibility index (Phi) is 4.53. The van der Waals surface area contributed by atoms with Gasteiger partial charge in [-0.3, -0.25) is 10.1 Å². The number of nitro benzene ring substituents is 1. The second kappa shape index (κ2) is 6.20. The first-order chi connectivity index (χ1) is 10.3. The van der Waals surface area contributed by atoms with Crippen LogP contribution in [0.25, 0.3) is 0 Å². The van der Waals surface area contributed by atoms with E-state index in [-0.39, 0.29) is 12.4 Å². The highest BCUT2D eigenvalue weighted by Gasteiger charge is 2.24. The van der Waals surface area contributed by atoms with E-state index in [2.05, 4.69) is 4.72 Å². The first kappa shape index (κ1) is 16.1. The first-order valence-electron chi connectivity index (χ1n) is 6.29. The lowest BCUT2D eigenvalue weighted by Gasteiger charge is -2.08. The van der Waals surface area contributed by atoms with Gasteiger partial charge < -0.3 is 0 Å². The Balaban J connectivity index is 2.25. The Labute approximate surface area is 126 Å². The summed E-state index contributed by atoms with van der Waals surface area (Å²) in [6.07, 6.45) is 0. The van der Waals surface area contributed by atoms with Crippen LogP contribution in [0.1, 0.15) is 11.1 Å². The molecule has 2 aromatic carbocycles. The third kappa shape index (κ3) is 3.46. The Morgan fingerprint density at radius 3 is 2.55 bits per heavy atom. The largest absolute Gasteiger partial charge is 0.289 e. The topological polar surface area (TPSA) is 89.3 Å². The van der Waals surface area contributed by atoms with Gasteiger partial charge in [-0.2, -0.15) is 0 Å². The zero-order valence-corrected chi connectivity index (χ0v) is 12.4. The first-order valence-corrected chi connectivity index (χ1v) is 7.77. The van der Waals surface area contributed by atoms with E-state index in [1.165, 1.54) is 30.3 Å². The summed E-state index contributed by atoms with van der Waals surface area (Å²) in [5.74, 6) is -0.384. The number of hydrogen-bond donors (Lipinski definition) is 1. The van der Waals surface area contributed by atoms with Crippen LogP contribution in [0.5, 0.6) is 0 Å². The van der Waals surface area contributed by atoms with Gasteiger partial charge in [-0.15, -0.1) is 0 Å². The molecule has 1 N–H and O–H groups in total. The van der Waals surface area contributed by atoms with Crippen molar-refractivity contribution in [2.45, 2.75) is 18.4 Å². The number of hydrogen-bond acceptors (Lipinski definition) is 4. The van der Waals surface area contributed by atoms with Crippen LogP contribution in [-0.2, 0) is 16.6 Å². The lowest BCUT2D eigenvalue weighted by Crippen LogP contribution is -2.24. The molecule has 6 nitrogen and oxygen atoms in total. The summed E-state index contributed by atoms with van der Waals surface area (Å²) in [4.78, 5) is 9.74. The maximum absolute atomic E-state index is 13.2. The molecule has 0 aliphatic carbocycles. The van der Waals surface area contributed by atoms with Gasteiger partial charge in [0, 0.05) is 12.6 Å². The fourth-order valence-electron chi connectivity index (χ4n) is 1.91. The average Bonchev–Trinajstić information content (AvgIpc) is 2.48. The van der Waals surface area contributed by atoms with Crippen molar-refractivity contribution in [1.82, 2.24) is 4.72 Å². The van der Waals surface area contributed by atoms with Gasteiger partial charge in [-0.25, -0.2) is 17.5 Å². The van der Waals surface area contributed by atoms with Gasteiger partial charge in [0.1, 0.15) is 5.82 Å². The van der Waals surface area contributed by atoms with Crippen LogP contribution in [0.15, 0.2) is 47.4 Å². The average molecular weight is 324 g/mol. The predicted octanol–water partition coefficient (Wildman–Crippen LogP) is 2.52. The summed E-state index contributed by atoms with van der Waals surface area (Å²) in [5.41, 5.74) is 0.453. The Morgan fingerprint density at radius 1 is 1.23 bits per heavy atom. The van der Waals surface area contributed by atoms with Gasteiger partial charge in [-0.05, 0) is 30.2 Å². The molecule has 0 atom stereocenters. The lowest BCUT2D eigenvalue weighted by atomic mass is 10.1. The molecule has 0 heterocycles. The SMILES string of the molecule is Cc1cc(CNS(=O)(=O)c2ccccc2[N+](=O)[O-])ccc1F. The zero-order chi connectivity index (χ0) is 16.3. The zero-order valence-electron chi connectivity index (χ0n) is 11.6. The van der Waals surface area contributed by atoms with Gasteiger partial charge >= 0.3 is 0 Å². The number of sulfonamides is 1. The lowest BCUT2D eigenvalue weighted by molar-refractivity contribution is -0.387. The van der Waals surface area contributed by atoms with Crippen molar-refractivity contribution in [3.05, 3.63) is 69.5 Å². The maximum Gasteiger partial charge on any atom is 0.289 e. The highest BCUT2D eigenvalue weighted by molar-refractivity contribution is 7.89. The van der Waals surface area contributed by atoms with Crippen molar-refractivity contribution in [2.24, 2.45) is 0 Å². The van der Waals surface area contributed by atoms with Crippen molar-refractivity contribution >= 4 is 15.7 Å². The molecule has 0 unspecified atom stereocenters. The Morgan fingerprint density at radius 2 is 1.91 bits per heavy atom. The van der Waals surface area contributed by atoms with Gasteiger partial charge in [0.25, 0.3) is 5.69 Å². The Bertz CT molecular complexity index is 821. The standard InChI is InChI=1S/C14H13FN2O4S/c1-10-8-11(6-7-12(10)15)9-16-22(20,21)14-5-3-2-4-13(14)17(18)19/h2-8,16H,9H2,1H3. The fraction of sp³-hybridized carbons (Fsp3) is 0.143. The van der Waals surface area contributed by atoms with Gasteiger partial charge in [-0.1, -0.05) is 24.3 Å². The number of halogens is 1. The van der Waals surface area contributed by atoms with E-state index in [0.717, 1.165) is 12.1 Å².